The first-order chi connectivity index (χ1) is 30.7. The van der Waals surface area contributed by atoms with Crippen molar-refractivity contribution in [2.24, 2.45) is 18.7 Å². The number of alkyl halides is 5. The summed E-state index contributed by atoms with van der Waals surface area (Å²) in [5.41, 5.74) is 3.01. The molecule has 1 saturated heterocycles. The Kier molecular flexibility index (Phi) is 11.6. The molecule has 1 aliphatic heterocycles. The molecule has 24 heteroatoms. The number of aryl methyl sites for hydroxylation is 1. The largest absolute Gasteiger partial charge is 0.435 e. The molecule has 2 aliphatic rings. The Morgan fingerprint density at radius 1 is 0.985 bits per heavy atom. The molecule has 0 spiro atoms. The Hall–Kier alpha value is -5.88. The van der Waals surface area contributed by atoms with E-state index >= 15 is 8.78 Å². The molecule has 6 aromatic rings. The van der Waals surface area contributed by atoms with Gasteiger partial charge in [0.1, 0.15) is 23.9 Å². The van der Waals surface area contributed by atoms with Crippen LogP contribution in [0.5, 0.6) is 0 Å². The molecule has 4 aromatic heterocycles. The zero-order valence-corrected chi connectivity index (χ0v) is 37.9. The number of anilines is 2. The van der Waals surface area contributed by atoms with Crippen LogP contribution < -0.4 is 20.7 Å². The number of carbonyl (C=O) groups is 2. The van der Waals surface area contributed by atoms with Gasteiger partial charge in [-0.15, -0.1) is 0 Å². The second-order valence-electron chi connectivity index (χ2n) is 17.4. The summed E-state index contributed by atoms with van der Waals surface area (Å²) < 4.78 is 133. The van der Waals surface area contributed by atoms with E-state index < -0.39 is 86.6 Å². The van der Waals surface area contributed by atoms with E-state index in [-0.39, 0.29) is 35.1 Å². The molecule has 1 fully saturated rings. The van der Waals surface area contributed by atoms with E-state index in [1.165, 1.54) is 22.9 Å². The van der Waals surface area contributed by atoms with Crippen molar-refractivity contribution in [3.8, 4) is 11.1 Å². The molecule has 1 aliphatic carbocycles. The Morgan fingerprint density at radius 3 is 2.27 bits per heavy atom. The zero-order valence-electron chi connectivity index (χ0n) is 36.3. The second-order valence-corrected chi connectivity index (χ2v) is 20.1. The van der Waals surface area contributed by atoms with Crippen LogP contribution in [0.15, 0.2) is 42.5 Å². The SMILES string of the molecule is C[C@@H]1c2c(C(F)(F)F)nn(CC(=O)N[C@@H](Cc3cc(F)cc(F)c3)c3nc4nc(N5CCN(C(=O)C(C)(C)N)CC5)sc4cc3-c3cccc4c(NS(C)(=O)=O)nn(C)c34)c2C(F)(F)[C@@H]1C. The van der Waals surface area contributed by atoms with Crippen LogP contribution in [0.25, 0.3) is 32.4 Å². The lowest BCUT2D eigenvalue weighted by Gasteiger charge is -2.37. The molecule has 2 aromatic carbocycles. The van der Waals surface area contributed by atoms with Crippen molar-refractivity contribution < 1.29 is 48.7 Å². The first kappa shape index (κ1) is 46.6. The fraction of sp³-hybridized carbons (Fsp3) is 0.429. The molecule has 4 N–H and O–H groups in total. The zero-order chi connectivity index (χ0) is 48.0. The number of amides is 2. The maximum atomic E-state index is 15.7. The molecule has 8 rings (SSSR count). The van der Waals surface area contributed by atoms with Crippen LogP contribution in [-0.4, -0.2) is 92.6 Å². The van der Waals surface area contributed by atoms with E-state index in [0.29, 0.717) is 68.8 Å². The molecule has 2 amide bonds. The minimum Gasteiger partial charge on any atom is -0.346 e. The summed E-state index contributed by atoms with van der Waals surface area (Å²) in [7, 11) is -2.25. The van der Waals surface area contributed by atoms with Crippen molar-refractivity contribution in [1.82, 2.24) is 39.7 Å². The first-order valence-corrected chi connectivity index (χ1v) is 23.3. The predicted octanol–water partition coefficient (Wildman–Crippen LogP) is 6.44. The minimum atomic E-state index is -5.12. The van der Waals surface area contributed by atoms with Crippen LogP contribution in [0.4, 0.5) is 41.7 Å². The fourth-order valence-electron chi connectivity index (χ4n) is 8.72. The normalized spacial score (nSPS) is 18.3. The van der Waals surface area contributed by atoms with Gasteiger partial charge in [-0.3, -0.25) is 23.7 Å². The van der Waals surface area contributed by atoms with Crippen LogP contribution in [0, 0.1) is 17.6 Å². The number of nitrogens with zero attached hydrogens (tertiary/aromatic N) is 8. The van der Waals surface area contributed by atoms with Crippen LogP contribution >= 0.6 is 11.3 Å². The summed E-state index contributed by atoms with van der Waals surface area (Å²) in [5.74, 6) is -9.82. The van der Waals surface area contributed by atoms with E-state index in [0.717, 1.165) is 25.3 Å². The molecule has 3 atom stereocenters. The number of benzene rings is 2. The number of thiazole rings is 1. The Morgan fingerprint density at radius 2 is 1.65 bits per heavy atom. The average molecular weight is 964 g/mol. The van der Waals surface area contributed by atoms with Gasteiger partial charge >= 0.3 is 6.18 Å². The molecule has 352 valence electrons. The number of hydrogen-bond acceptors (Lipinski definition) is 11. The molecule has 66 heavy (non-hydrogen) atoms. The van der Waals surface area contributed by atoms with E-state index in [1.807, 2.05) is 4.90 Å². The highest BCUT2D eigenvalue weighted by Gasteiger charge is 2.57. The first-order valence-electron chi connectivity index (χ1n) is 20.6. The van der Waals surface area contributed by atoms with Crippen molar-refractivity contribution >= 4 is 65.4 Å². The van der Waals surface area contributed by atoms with Gasteiger partial charge in [-0.2, -0.15) is 37.1 Å². The van der Waals surface area contributed by atoms with Crippen LogP contribution in [-0.2, 0) is 51.7 Å². The number of para-hydroxylation sites is 1. The smallest absolute Gasteiger partial charge is 0.346 e. The molecule has 0 bridgehead atoms. The summed E-state index contributed by atoms with van der Waals surface area (Å²) in [6.07, 6.45) is -4.55. The van der Waals surface area contributed by atoms with Gasteiger partial charge in [0, 0.05) is 67.3 Å². The molecule has 5 heterocycles. The van der Waals surface area contributed by atoms with Gasteiger partial charge in [-0.05, 0) is 56.0 Å². The van der Waals surface area contributed by atoms with Gasteiger partial charge in [-0.1, -0.05) is 37.3 Å². The number of piperazine rings is 1. The third-order valence-corrected chi connectivity index (χ3v) is 13.5. The lowest BCUT2D eigenvalue weighted by Crippen LogP contribution is -2.57. The average Bonchev–Trinajstić information content (AvgIpc) is 3.94. The maximum Gasteiger partial charge on any atom is 0.435 e. The van der Waals surface area contributed by atoms with Gasteiger partial charge in [0.2, 0.25) is 21.8 Å². The third-order valence-electron chi connectivity index (χ3n) is 11.9. The number of halogens is 7. The van der Waals surface area contributed by atoms with Crippen molar-refractivity contribution in [1.29, 1.82) is 0 Å². The molecule has 0 unspecified atom stereocenters. The summed E-state index contributed by atoms with van der Waals surface area (Å²) in [6.45, 7) is 5.96. The van der Waals surface area contributed by atoms with Crippen molar-refractivity contribution in [2.75, 3.05) is 42.1 Å². The number of fused-ring (bicyclic) bond motifs is 3. The maximum absolute atomic E-state index is 15.7. The highest BCUT2D eigenvalue weighted by Crippen LogP contribution is 2.55. The van der Waals surface area contributed by atoms with E-state index in [9.17, 15) is 40.0 Å². The summed E-state index contributed by atoms with van der Waals surface area (Å²) in [6, 6.07) is 7.93. The Labute approximate surface area is 377 Å². The van der Waals surface area contributed by atoms with Gasteiger partial charge in [0.25, 0.3) is 5.92 Å². The molecule has 0 saturated carbocycles. The second kappa shape index (κ2) is 16.5. The minimum absolute atomic E-state index is 0.00586. The van der Waals surface area contributed by atoms with Crippen molar-refractivity contribution in [3.63, 3.8) is 0 Å². The summed E-state index contributed by atoms with van der Waals surface area (Å²) in [5, 5.41) is 11.5. The van der Waals surface area contributed by atoms with Gasteiger partial charge < -0.3 is 20.9 Å². The molecular weight excluding hydrogens is 920 g/mol. The molecule has 0 radical (unpaired) electrons. The van der Waals surface area contributed by atoms with Crippen LogP contribution in [0.3, 0.4) is 0 Å². The number of pyridine rings is 1. The van der Waals surface area contributed by atoms with Gasteiger partial charge in [-0.25, -0.2) is 22.2 Å². The summed E-state index contributed by atoms with van der Waals surface area (Å²) >= 11 is 1.26. The van der Waals surface area contributed by atoms with E-state index in [2.05, 4.69) is 20.2 Å². The fourth-order valence-corrected chi connectivity index (χ4v) is 10.2. The van der Waals surface area contributed by atoms with Crippen molar-refractivity contribution in [2.45, 2.75) is 70.3 Å². The topological polar surface area (TPSA) is 186 Å². The molecular formula is C42H44F7N11O4S2. The monoisotopic (exact) mass is 963 g/mol. The number of hydrogen-bond donors (Lipinski definition) is 3. The number of carbonyl (C=O) groups excluding carboxylic acids is 2. The lowest BCUT2D eigenvalue weighted by atomic mass is 9.94. The van der Waals surface area contributed by atoms with Crippen LogP contribution in [0.2, 0.25) is 0 Å². The number of aromatic nitrogens is 6. The number of nitrogens with two attached hydrogens (primary N) is 1. The highest BCUT2D eigenvalue weighted by atomic mass is 32.2. The lowest BCUT2D eigenvalue weighted by molar-refractivity contribution is -0.143. The van der Waals surface area contributed by atoms with Gasteiger partial charge in [0.15, 0.2) is 22.3 Å². The third kappa shape index (κ3) is 8.76. The van der Waals surface area contributed by atoms with E-state index in [1.54, 1.807) is 50.1 Å². The van der Waals surface area contributed by atoms with Crippen molar-refractivity contribution in [3.05, 3.63) is 82.3 Å². The van der Waals surface area contributed by atoms with E-state index in [4.69, 9.17) is 15.7 Å². The molecule has 15 nitrogen and oxygen atoms in total. The number of sulfonamides is 1. The quantitative estimate of drug-likeness (QED) is 0.122. The van der Waals surface area contributed by atoms with Crippen LogP contribution in [0.1, 0.15) is 67.9 Å². The predicted molar refractivity (Wildman–Crippen MR) is 232 cm³/mol. The number of nitrogens with one attached hydrogen (secondary N) is 2. The Balaban J connectivity index is 1.27. The number of rotatable bonds is 11. The summed E-state index contributed by atoms with van der Waals surface area (Å²) in [4.78, 5) is 40.5. The standard InChI is InChI=1S/C42H44F7N11O4S2/c1-20-21(2)41(45,46)35-31(20)34(42(47,48)49)54-60(35)19-30(61)51-28(16-22-14-23(43)17-24(44)15-22)32-27(25-8-7-9-26-33(25)57(5)55-36(26)56-66(6,63)64)18-29-37(52-32)53-39(65-29)59-12-10-58(11-13-59)38(62)40(3,4)50/h7-9,14-15,17-18,20-21,28H,10-13,16,19,50H2,1-6H3,(H,51,61)(H,55,56)/t20-,21+,28-/m0/s1. The Bertz CT molecular complexity index is 3010. The highest BCUT2D eigenvalue weighted by molar-refractivity contribution is 7.92. The van der Waals surface area contributed by atoms with Gasteiger partial charge in [0.05, 0.1) is 33.7 Å².